The molecule has 0 N–H and O–H groups in total. The van der Waals surface area contributed by atoms with Gasteiger partial charge in [0, 0.05) is 13.1 Å². The van der Waals surface area contributed by atoms with Crippen molar-refractivity contribution in [1.29, 1.82) is 0 Å². The summed E-state index contributed by atoms with van der Waals surface area (Å²) in [4.78, 5) is 26.5. The summed E-state index contributed by atoms with van der Waals surface area (Å²) in [7, 11) is 0. The standard InChI is InChI=1S/C11H11ClN2O3/c1-2-3-14-10(15)8(12)9(11(14)16)13-4-6-17-7-5-13/h1H,3-7H2. The zero-order valence-electron chi connectivity index (χ0n) is 9.11. The summed E-state index contributed by atoms with van der Waals surface area (Å²) in [5.41, 5.74) is 0.246. The van der Waals surface area contributed by atoms with Crippen LogP contribution in [0.1, 0.15) is 0 Å². The van der Waals surface area contributed by atoms with Crippen LogP contribution in [-0.2, 0) is 14.3 Å². The molecule has 0 radical (unpaired) electrons. The van der Waals surface area contributed by atoms with Crippen molar-refractivity contribution in [3.05, 3.63) is 10.7 Å². The Bertz CT molecular complexity index is 432. The monoisotopic (exact) mass is 254 g/mol. The van der Waals surface area contributed by atoms with Crippen molar-refractivity contribution in [3.8, 4) is 12.3 Å². The molecule has 0 aromatic heterocycles. The van der Waals surface area contributed by atoms with Crippen molar-refractivity contribution in [1.82, 2.24) is 9.80 Å². The number of ether oxygens (including phenoxy) is 1. The largest absolute Gasteiger partial charge is 0.378 e. The van der Waals surface area contributed by atoms with Gasteiger partial charge < -0.3 is 9.64 Å². The maximum atomic E-state index is 12.0. The van der Waals surface area contributed by atoms with Crippen LogP contribution in [0.3, 0.4) is 0 Å². The zero-order valence-corrected chi connectivity index (χ0v) is 9.87. The third-order valence-electron chi connectivity index (χ3n) is 2.67. The highest BCUT2D eigenvalue weighted by Crippen LogP contribution is 2.26. The van der Waals surface area contributed by atoms with Crippen molar-refractivity contribution < 1.29 is 14.3 Å². The molecule has 5 nitrogen and oxygen atoms in total. The first-order valence-electron chi connectivity index (χ1n) is 5.19. The van der Waals surface area contributed by atoms with E-state index < -0.39 is 11.8 Å². The number of morpholine rings is 1. The van der Waals surface area contributed by atoms with E-state index in [-0.39, 0.29) is 17.3 Å². The molecule has 0 saturated carbocycles. The predicted octanol–water partition coefficient (Wildman–Crippen LogP) is -0.229. The van der Waals surface area contributed by atoms with E-state index in [1.54, 1.807) is 4.90 Å². The molecular formula is C11H11ClN2O3. The second-order valence-corrected chi connectivity index (χ2v) is 4.04. The lowest BCUT2D eigenvalue weighted by molar-refractivity contribution is -0.137. The number of carbonyl (C=O) groups is 2. The number of halogens is 1. The molecule has 0 bridgehead atoms. The molecule has 2 aliphatic rings. The normalized spacial score (nSPS) is 21.2. The molecule has 0 aromatic carbocycles. The van der Waals surface area contributed by atoms with Gasteiger partial charge in [0.15, 0.2) is 0 Å². The Morgan fingerprint density at radius 1 is 1.29 bits per heavy atom. The van der Waals surface area contributed by atoms with Crippen molar-refractivity contribution in [3.63, 3.8) is 0 Å². The van der Waals surface area contributed by atoms with Crippen molar-refractivity contribution in [2.75, 3.05) is 32.8 Å². The first kappa shape index (κ1) is 12.0. The van der Waals surface area contributed by atoms with Crippen LogP contribution < -0.4 is 0 Å². The quantitative estimate of drug-likeness (QED) is 0.505. The lowest BCUT2D eigenvalue weighted by atomic mass is 10.3. The first-order chi connectivity index (χ1) is 8.16. The van der Waals surface area contributed by atoms with Gasteiger partial charge in [-0.25, -0.2) is 0 Å². The van der Waals surface area contributed by atoms with Crippen LogP contribution in [0, 0.1) is 12.3 Å². The Hall–Kier alpha value is -1.51. The Morgan fingerprint density at radius 2 is 1.94 bits per heavy atom. The minimum atomic E-state index is -0.517. The van der Waals surface area contributed by atoms with Crippen molar-refractivity contribution in [2.24, 2.45) is 0 Å². The summed E-state index contributed by atoms with van der Waals surface area (Å²) >= 11 is 5.90. The summed E-state index contributed by atoms with van der Waals surface area (Å²) in [5, 5.41) is -0.0489. The molecule has 17 heavy (non-hydrogen) atoms. The van der Waals surface area contributed by atoms with Crippen molar-refractivity contribution in [2.45, 2.75) is 0 Å². The van der Waals surface area contributed by atoms with E-state index in [1.165, 1.54) is 0 Å². The molecule has 1 saturated heterocycles. The number of hydrogen-bond acceptors (Lipinski definition) is 4. The van der Waals surface area contributed by atoms with Crippen LogP contribution in [0.25, 0.3) is 0 Å². The molecule has 2 amide bonds. The molecule has 0 atom stereocenters. The van der Waals surface area contributed by atoms with E-state index in [1.807, 2.05) is 0 Å². The van der Waals surface area contributed by atoms with E-state index >= 15 is 0 Å². The summed E-state index contributed by atoms with van der Waals surface area (Å²) in [6.45, 7) is 2.08. The number of terminal acetylenes is 1. The van der Waals surface area contributed by atoms with Gasteiger partial charge in [-0.3, -0.25) is 14.5 Å². The molecule has 2 aliphatic heterocycles. The van der Waals surface area contributed by atoms with Gasteiger partial charge in [-0.05, 0) is 0 Å². The zero-order chi connectivity index (χ0) is 12.4. The Kier molecular flexibility index (Phi) is 3.36. The number of amides is 2. The minimum absolute atomic E-state index is 0.0489. The molecule has 0 unspecified atom stereocenters. The highest BCUT2D eigenvalue weighted by molar-refractivity contribution is 6.47. The summed E-state index contributed by atoms with van der Waals surface area (Å²) in [6.07, 6.45) is 5.11. The van der Waals surface area contributed by atoms with Gasteiger partial charge in [-0.2, -0.15) is 0 Å². The molecule has 1 fully saturated rings. The van der Waals surface area contributed by atoms with Gasteiger partial charge in [0.2, 0.25) is 0 Å². The summed E-state index contributed by atoms with van der Waals surface area (Å²) in [5.74, 6) is 1.34. The SMILES string of the molecule is C#CCN1C(=O)C(Cl)=C(N2CCOCC2)C1=O. The van der Waals surface area contributed by atoms with Gasteiger partial charge >= 0.3 is 0 Å². The smallest absolute Gasteiger partial charge is 0.279 e. The second kappa shape index (κ2) is 4.78. The fraction of sp³-hybridized carbons (Fsp3) is 0.455. The number of rotatable bonds is 2. The van der Waals surface area contributed by atoms with Crippen LogP contribution in [0.2, 0.25) is 0 Å². The number of nitrogens with zero attached hydrogens (tertiary/aromatic N) is 2. The van der Waals surface area contributed by atoms with E-state index in [0.29, 0.717) is 26.3 Å². The molecule has 90 valence electrons. The number of hydrogen-bond donors (Lipinski definition) is 0. The van der Waals surface area contributed by atoms with E-state index in [2.05, 4.69) is 5.92 Å². The van der Waals surface area contributed by atoms with Gasteiger partial charge in [-0.1, -0.05) is 17.5 Å². The van der Waals surface area contributed by atoms with Gasteiger partial charge in [0.1, 0.15) is 10.7 Å². The first-order valence-corrected chi connectivity index (χ1v) is 5.56. The average Bonchev–Trinajstić information content (AvgIpc) is 2.55. The second-order valence-electron chi connectivity index (χ2n) is 3.66. The Labute approximate surface area is 104 Å². The fourth-order valence-corrected chi connectivity index (χ4v) is 2.13. The maximum Gasteiger partial charge on any atom is 0.279 e. The lowest BCUT2D eigenvalue weighted by Gasteiger charge is -2.29. The highest BCUT2D eigenvalue weighted by atomic mass is 35.5. The third kappa shape index (κ3) is 2.02. The molecule has 6 heteroatoms. The Morgan fingerprint density at radius 3 is 2.53 bits per heavy atom. The van der Waals surface area contributed by atoms with E-state index in [9.17, 15) is 9.59 Å². The molecule has 0 aromatic rings. The van der Waals surface area contributed by atoms with Crippen LogP contribution in [0.15, 0.2) is 10.7 Å². The van der Waals surface area contributed by atoms with Crippen LogP contribution >= 0.6 is 11.6 Å². The molecule has 0 aliphatic carbocycles. The van der Waals surface area contributed by atoms with Gasteiger partial charge in [0.25, 0.3) is 11.8 Å². The van der Waals surface area contributed by atoms with Gasteiger partial charge in [0.05, 0.1) is 19.8 Å². The predicted molar refractivity (Wildman–Crippen MR) is 60.8 cm³/mol. The van der Waals surface area contributed by atoms with Gasteiger partial charge in [-0.15, -0.1) is 6.42 Å². The summed E-state index contributed by atoms with van der Waals surface area (Å²) in [6, 6.07) is 0. The number of imide groups is 1. The molecule has 2 heterocycles. The number of carbonyl (C=O) groups excluding carboxylic acids is 2. The average molecular weight is 255 g/mol. The van der Waals surface area contributed by atoms with E-state index in [0.717, 1.165) is 4.90 Å². The molecular weight excluding hydrogens is 244 g/mol. The molecule has 2 rings (SSSR count). The lowest BCUT2D eigenvalue weighted by Crippen LogP contribution is -2.40. The van der Waals surface area contributed by atoms with Crippen LogP contribution in [-0.4, -0.2) is 54.5 Å². The highest BCUT2D eigenvalue weighted by Gasteiger charge is 2.40. The van der Waals surface area contributed by atoms with Crippen LogP contribution in [0.5, 0.6) is 0 Å². The van der Waals surface area contributed by atoms with E-state index in [4.69, 9.17) is 22.8 Å². The Balaban J connectivity index is 2.24. The molecule has 0 spiro atoms. The third-order valence-corrected chi connectivity index (χ3v) is 3.01. The minimum Gasteiger partial charge on any atom is -0.378 e. The maximum absolute atomic E-state index is 12.0. The fourth-order valence-electron chi connectivity index (χ4n) is 1.83. The summed E-state index contributed by atoms with van der Waals surface area (Å²) < 4.78 is 5.18. The van der Waals surface area contributed by atoms with Crippen molar-refractivity contribution >= 4 is 23.4 Å². The van der Waals surface area contributed by atoms with Crippen LogP contribution in [0.4, 0.5) is 0 Å². The topological polar surface area (TPSA) is 49.9 Å².